The summed E-state index contributed by atoms with van der Waals surface area (Å²) < 4.78 is 25.4. The number of nitrogens with two attached hydrogens (primary N) is 1. The van der Waals surface area contributed by atoms with Gasteiger partial charge in [0.05, 0.1) is 6.04 Å². The number of ether oxygens (including phenoxy) is 5. The molecular weight excluding hydrogens is 326 g/mol. The molecule has 1 saturated heterocycles. The van der Waals surface area contributed by atoms with E-state index in [0.717, 1.165) is 20.8 Å². The Morgan fingerprint density at radius 1 is 0.833 bits per heavy atom. The first-order chi connectivity index (χ1) is 11.1. The predicted octanol–water partition coefficient (Wildman–Crippen LogP) is -0.972. The van der Waals surface area contributed by atoms with E-state index in [-0.39, 0.29) is 6.61 Å². The Balaban J connectivity index is 3.04. The van der Waals surface area contributed by atoms with Gasteiger partial charge in [-0.05, 0) is 0 Å². The van der Waals surface area contributed by atoms with Crippen LogP contribution in [0, 0.1) is 0 Å². The molecule has 1 aliphatic heterocycles. The molecule has 0 spiro atoms. The summed E-state index contributed by atoms with van der Waals surface area (Å²) in [5, 5.41) is 0. The molecule has 0 aromatic rings. The highest BCUT2D eigenvalue weighted by atomic mass is 16.7. The quantitative estimate of drug-likeness (QED) is 0.487. The number of hydrogen-bond donors (Lipinski definition) is 1. The molecule has 10 nitrogen and oxygen atoms in total. The Hall–Kier alpha value is -2.20. The smallest absolute Gasteiger partial charge is 0.305 e. The monoisotopic (exact) mass is 347 g/mol. The van der Waals surface area contributed by atoms with E-state index in [0.29, 0.717) is 0 Å². The molecule has 5 atom stereocenters. The third-order valence-corrected chi connectivity index (χ3v) is 3.04. The third-order valence-electron chi connectivity index (χ3n) is 3.04. The topological polar surface area (TPSA) is 140 Å². The maximum absolute atomic E-state index is 11.3. The molecule has 1 aliphatic rings. The van der Waals surface area contributed by atoms with Gasteiger partial charge >= 0.3 is 23.9 Å². The number of carbonyl (C=O) groups excluding carboxylic acids is 4. The molecule has 1 heterocycles. The van der Waals surface area contributed by atoms with Crippen LogP contribution in [-0.4, -0.2) is 61.1 Å². The molecule has 0 aromatic heterocycles. The predicted molar refractivity (Wildman–Crippen MR) is 76.1 cm³/mol. The van der Waals surface area contributed by atoms with Crippen molar-refractivity contribution in [1.82, 2.24) is 0 Å². The Morgan fingerprint density at radius 3 is 1.79 bits per heavy atom. The SMILES string of the molecule is CC(=O)OCC1O[C@@H](OC(C)=O)C(OC(C)=O)[C@@H](N)[C@@H]1OC(C)=O. The minimum Gasteiger partial charge on any atom is -0.463 e. The molecule has 0 bridgehead atoms. The summed E-state index contributed by atoms with van der Waals surface area (Å²) in [5.41, 5.74) is 6.02. The van der Waals surface area contributed by atoms with Gasteiger partial charge in [-0.15, -0.1) is 0 Å². The zero-order valence-electron chi connectivity index (χ0n) is 13.8. The van der Waals surface area contributed by atoms with Crippen LogP contribution in [0.15, 0.2) is 0 Å². The molecule has 0 aromatic carbocycles. The van der Waals surface area contributed by atoms with Crippen molar-refractivity contribution < 1.29 is 42.9 Å². The minimum atomic E-state index is -1.33. The van der Waals surface area contributed by atoms with Crippen LogP contribution >= 0.6 is 0 Å². The van der Waals surface area contributed by atoms with Crippen LogP contribution in [0.2, 0.25) is 0 Å². The van der Waals surface area contributed by atoms with Crippen molar-refractivity contribution in [3.63, 3.8) is 0 Å². The lowest BCUT2D eigenvalue weighted by Gasteiger charge is -2.42. The Kier molecular flexibility index (Phi) is 7.11. The molecule has 24 heavy (non-hydrogen) atoms. The summed E-state index contributed by atoms with van der Waals surface area (Å²) in [5.74, 6) is -2.61. The molecular formula is C14H21NO9. The van der Waals surface area contributed by atoms with Crippen LogP contribution in [-0.2, 0) is 42.9 Å². The van der Waals surface area contributed by atoms with Gasteiger partial charge in [-0.1, -0.05) is 0 Å². The van der Waals surface area contributed by atoms with E-state index in [1.165, 1.54) is 6.92 Å². The van der Waals surface area contributed by atoms with E-state index in [2.05, 4.69) is 0 Å². The summed E-state index contributed by atoms with van der Waals surface area (Å²) >= 11 is 0. The van der Waals surface area contributed by atoms with Gasteiger partial charge in [-0.3, -0.25) is 19.2 Å². The van der Waals surface area contributed by atoms with E-state index in [1.54, 1.807) is 0 Å². The van der Waals surface area contributed by atoms with Crippen molar-refractivity contribution in [2.75, 3.05) is 6.61 Å². The highest BCUT2D eigenvalue weighted by Gasteiger charge is 2.49. The fourth-order valence-electron chi connectivity index (χ4n) is 2.21. The van der Waals surface area contributed by atoms with Crippen molar-refractivity contribution in [2.24, 2.45) is 5.73 Å². The Labute approximate surface area is 138 Å². The van der Waals surface area contributed by atoms with Gasteiger partial charge in [0.15, 0.2) is 12.2 Å². The molecule has 136 valence electrons. The first-order valence-electron chi connectivity index (χ1n) is 7.18. The first-order valence-corrected chi connectivity index (χ1v) is 7.18. The first kappa shape index (κ1) is 19.8. The van der Waals surface area contributed by atoms with Crippen LogP contribution in [0.25, 0.3) is 0 Å². The third kappa shape index (κ3) is 5.78. The van der Waals surface area contributed by atoms with Crippen molar-refractivity contribution in [3.05, 3.63) is 0 Å². The van der Waals surface area contributed by atoms with Crippen LogP contribution in [0.1, 0.15) is 27.7 Å². The molecule has 10 heteroatoms. The molecule has 0 saturated carbocycles. The molecule has 2 N–H and O–H groups in total. The van der Waals surface area contributed by atoms with Crippen molar-refractivity contribution in [2.45, 2.75) is 58.3 Å². The lowest BCUT2D eigenvalue weighted by molar-refractivity contribution is -0.275. The van der Waals surface area contributed by atoms with Gasteiger partial charge in [0, 0.05) is 27.7 Å². The second-order valence-electron chi connectivity index (χ2n) is 5.18. The summed E-state index contributed by atoms with van der Waals surface area (Å²) in [4.78, 5) is 44.8. The van der Waals surface area contributed by atoms with E-state index in [9.17, 15) is 19.2 Å². The average Bonchev–Trinajstić information content (AvgIpc) is 2.42. The Bertz CT molecular complexity index is 504. The molecule has 0 radical (unpaired) electrons. The second-order valence-corrected chi connectivity index (χ2v) is 5.18. The normalized spacial score (nSPS) is 29.3. The van der Waals surface area contributed by atoms with Gasteiger partial charge in [-0.25, -0.2) is 0 Å². The number of rotatable bonds is 5. The fourth-order valence-corrected chi connectivity index (χ4v) is 2.21. The van der Waals surface area contributed by atoms with Crippen LogP contribution in [0.3, 0.4) is 0 Å². The van der Waals surface area contributed by atoms with Gasteiger partial charge < -0.3 is 29.4 Å². The lowest BCUT2D eigenvalue weighted by atomic mass is 9.96. The fraction of sp³-hybridized carbons (Fsp3) is 0.714. The second kappa shape index (κ2) is 8.60. The average molecular weight is 347 g/mol. The van der Waals surface area contributed by atoms with Gasteiger partial charge in [-0.2, -0.15) is 0 Å². The van der Waals surface area contributed by atoms with Crippen LogP contribution in [0.5, 0.6) is 0 Å². The highest BCUT2D eigenvalue weighted by molar-refractivity contribution is 5.68. The minimum absolute atomic E-state index is 0.286. The maximum Gasteiger partial charge on any atom is 0.305 e. The molecule has 1 rings (SSSR count). The zero-order valence-corrected chi connectivity index (χ0v) is 13.8. The van der Waals surface area contributed by atoms with Crippen molar-refractivity contribution in [1.29, 1.82) is 0 Å². The number of esters is 4. The van der Waals surface area contributed by atoms with Gasteiger partial charge in [0.2, 0.25) is 6.29 Å². The van der Waals surface area contributed by atoms with E-state index in [1.807, 2.05) is 0 Å². The van der Waals surface area contributed by atoms with Crippen LogP contribution in [0.4, 0.5) is 0 Å². The summed E-state index contributed by atoms with van der Waals surface area (Å²) in [7, 11) is 0. The van der Waals surface area contributed by atoms with Gasteiger partial charge in [0.25, 0.3) is 0 Å². The summed E-state index contributed by atoms with van der Waals surface area (Å²) in [6, 6.07) is -1.06. The van der Waals surface area contributed by atoms with E-state index >= 15 is 0 Å². The standard InChI is InChI=1S/C14H21NO9/c1-6(16)20-5-10-12(21-7(2)17)11(15)13(22-8(3)18)14(24-10)23-9(4)19/h10-14H,5,15H2,1-4H3/t10?,11-,12+,13?,14+/m0/s1. The highest BCUT2D eigenvalue weighted by Crippen LogP contribution is 2.26. The molecule has 2 unspecified atom stereocenters. The van der Waals surface area contributed by atoms with E-state index in [4.69, 9.17) is 29.4 Å². The zero-order chi connectivity index (χ0) is 18.4. The maximum atomic E-state index is 11.3. The molecule has 1 fully saturated rings. The van der Waals surface area contributed by atoms with Crippen molar-refractivity contribution >= 4 is 23.9 Å². The molecule has 0 amide bonds. The van der Waals surface area contributed by atoms with Gasteiger partial charge in [0.1, 0.15) is 12.7 Å². The van der Waals surface area contributed by atoms with Crippen molar-refractivity contribution in [3.8, 4) is 0 Å². The van der Waals surface area contributed by atoms with Crippen LogP contribution < -0.4 is 5.73 Å². The van der Waals surface area contributed by atoms with E-state index < -0.39 is 54.5 Å². The lowest BCUT2D eigenvalue weighted by Crippen LogP contribution is -2.65. The largest absolute Gasteiger partial charge is 0.463 e. The number of hydrogen-bond acceptors (Lipinski definition) is 10. The Morgan fingerprint density at radius 2 is 1.33 bits per heavy atom. The molecule has 0 aliphatic carbocycles. The summed E-state index contributed by atoms with van der Waals surface area (Å²) in [6.45, 7) is 4.34. The number of carbonyl (C=O) groups is 4. The summed E-state index contributed by atoms with van der Waals surface area (Å²) in [6.07, 6.45) is -4.58.